The molecular weight excluding hydrogens is 959 g/mol. The van der Waals surface area contributed by atoms with E-state index in [0.29, 0.717) is 102 Å². The van der Waals surface area contributed by atoms with Crippen LogP contribution in [0.1, 0.15) is 80.9 Å². The van der Waals surface area contributed by atoms with Gasteiger partial charge in [-0.3, -0.25) is 29.1 Å². The van der Waals surface area contributed by atoms with Gasteiger partial charge in [-0.05, 0) is 58.7 Å². The minimum absolute atomic E-state index is 0.116. The second kappa shape index (κ2) is 21.1. The average Bonchev–Trinajstić information content (AvgIpc) is 3.97. The number of pyridine rings is 2. The second-order valence-corrected chi connectivity index (χ2v) is 18.6. The number of carbonyl (C=O) groups excluding carboxylic acids is 4. The summed E-state index contributed by atoms with van der Waals surface area (Å²) in [6, 6.07) is 38.8. The zero-order valence-electron chi connectivity index (χ0n) is 40.7. The third-order valence-corrected chi connectivity index (χ3v) is 14.0. The van der Waals surface area contributed by atoms with Crippen LogP contribution in [0.5, 0.6) is 11.5 Å². The number of aromatic nitrogens is 2. The highest BCUT2D eigenvalue weighted by Gasteiger charge is 2.41. The molecule has 4 aliphatic heterocycles. The summed E-state index contributed by atoms with van der Waals surface area (Å²) < 4.78 is 44.7. The minimum atomic E-state index is -0.536. The van der Waals surface area contributed by atoms with Crippen molar-refractivity contribution in [2.75, 3.05) is 52.6 Å². The number of phenols is 1. The van der Waals surface area contributed by atoms with Crippen molar-refractivity contribution in [3.05, 3.63) is 213 Å². The first-order valence-electron chi connectivity index (χ1n) is 24.8. The van der Waals surface area contributed by atoms with Gasteiger partial charge in [-0.25, -0.2) is 8.78 Å². The van der Waals surface area contributed by atoms with E-state index in [1.165, 1.54) is 30.5 Å². The predicted molar refractivity (Wildman–Crippen MR) is 274 cm³/mol. The van der Waals surface area contributed by atoms with Gasteiger partial charge in [0, 0.05) is 86.7 Å². The average molecular weight is 1010 g/mol. The van der Waals surface area contributed by atoms with E-state index >= 15 is 0 Å². The number of fused-ring (bicyclic) bond motifs is 4. The van der Waals surface area contributed by atoms with Gasteiger partial charge in [-0.2, -0.15) is 0 Å². The van der Waals surface area contributed by atoms with Crippen molar-refractivity contribution >= 4 is 45.4 Å². The van der Waals surface area contributed by atoms with Crippen molar-refractivity contribution in [3.63, 3.8) is 0 Å². The Morgan fingerprint density at radius 2 is 0.987 bits per heavy atom. The highest BCUT2D eigenvalue weighted by atomic mass is 19.1. The lowest BCUT2D eigenvalue weighted by atomic mass is 9.94. The number of benzene rings is 6. The number of morpholine rings is 2. The number of rotatable bonds is 10. The van der Waals surface area contributed by atoms with Crippen molar-refractivity contribution in [1.29, 1.82) is 0 Å². The molecule has 1 N–H and O–H groups in total. The number of aromatic hydroxyl groups is 1. The minimum Gasteiger partial charge on any atom is -0.505 e. The number of halogens is 2. The summed E-state index contributed by atoms with van der Waals surface area (Å²) in [5.74, 6) is -1.56. The fourth-order valence-electron chi connectivity index (χ4n) is 10.3. The first-order chi connectivity index (χ1) is 36.6. The van der Waals surface area contributed by atoms with Crippen molar-refractivity contribution in [2.24, 2.45) is 0 Å². The molecule has 0 atom stereocenters. The van der Waals surface area contributed by atoms with Crippen LogP contribution in [0.25, 0.3) is 21.8 Å². The highest BCUT2D eigenvalue weighted by Crippen LogP contribution is 2.45. The Balaban J connectivity index is 0.000000171. The molecule has 6 heterocycles. The molecule has 75 heavy (non-hydrogen) atoms. The Bertz CT molecular complexity index is 3420. The summed E-state index contributed by atoms with van der Waals surface area (Å²) in [5, 5.41) is 12.0. The van der Waals surface area contributed by atoms with Crippen molar-refractivity contribution in [3.8, 4) is 11.5 Å². The zero-order valence-corrected chi connectivity index (χ0v) is 40.7. The molecular formula is C59H50F2N6O8. The van der Waals surface area contributed by atoms with Crippen LogP contribution in [0.15, 0.2) is 146 Å². The van der Waals surface area contributed by atoms with E-state index in [1.807, 2.05) is 66.7 Å². The number of amides is 4. The third-order valence-electron chi connectivity index (χ3n) is 14.0. The summed E-state index contributed by atoms with van der Waals surface area (Å²) in [5.41, 5.74) is 6.48. The fourth-order valence-corrected chi connectivity index (χ4v) is 10.3. The van der Waals surface area contributed by atoms with Crippen molar-refractivity contribution in [1.82, 2.24) is 29.6 Å². The number of ether oxygens (including phenoxy) is 3. The van der Waals surface area contributed by atoms with E-state index in [1.54, 1.807) is 68.3 Å². The summed E-state index contributed by atoms with van der Waals surface area (Å²) in [6.45, 7) is 4.55. The van der Waals surface area contributed by atoms with Crippen LogP contribution in [0.4, 0.5) is 8.78 Å². The van der Waals surface area contributed by atoms with E-state index in [4.69, 9.17) is 19.2 Å². The van der Waals surface area contributed by atoms with Crippen molar-refractivity contribution < 1.29 is 47.3 Å². The smallest absolute Gasteiger partial charge is 0.258 e. The normalized spacial score (nSPS) is 15.3. The largest absolute Gasteiger partial charge is 0.505 e. The molecule has 0 unspecified atom stereocenters. The molecule has 16 heteroatoms. The Hall–Kier alpha value is -8.60. The Kier molecular flexibility index (Phi) is 13.7. The topological polar surface area (TPSA) is 155 Å². The molecule has 2 fully saturated rings. The van der Waals surface area contributed by atoms with Crippen LogP contribution < -0.4 is 4.74 Å². The lowest BCUT2D eigenvalue weighted by Crippen LogP contribution is -2.41. The zero-order chi connectivity index (χ0) is 51.6. The van der Waals surface area contributed by atoms with E-state index in [-0.39, 0.29) is 78.3 Å². The fraction of sp³-hybridized carbons (Fsp3) is 0.220. The molecule has 14 nitrogen and oxygen atoms in total. The summed E-state index contributed by atoms with van der Waals surface area (Å²) >= 11 is 0. The Morgan fingerprint density at radius 3 is 1.47 bits per heavy atom. The van der Waals surface area contributed by atoms with Crippen LogP contribution in [0.2, 0.25) is 0 Å². The van der Waals surface area contributed by atoms with Gasteiger partial charge in [0.15, 0.2) is 11.5 Å². The van der Waals surface area contributed by atoms with Crippen LogP contribution in [0, 0.1) is 11.6 Å². The maximum atomic E-state index is 14.3. The van der Waals surface area contributed by atoms with Crippen molar-refractivity contribution in [2.45, 2.75) is 32.3 Å². The quantitative estimate of drug-likeness (QED) is 0.141. The first-order valence-corrected chi connectivity index (χ1v) is 24.8. The number of phenolic OH excluding ortho intramolecular Hbond substituents is 1. The number of hydrogen-bond donors (Lipinski definition) is 1. The van der Waals surface area contributed by atoms with E-state index in [2.05, 4.69) is 4.98 Å². The van der Waals surface area contributed by atoms with Gasteiger partial charge in [0.1, 0.15) is 28.8 Å². The third kappa shape index (κ3) is 9.61. The molecule has 4 aliphatic rings. The second-order valence-electron chi connectivity index (χ2n) is 18.6. The van der Waals surface area contributed by atoms with Gasteiger partial charge in [0.2, 0.25) is 0 Å². The van der Waals surface area contributed by atoms with Crippen LogP contribution >= 0.6 is 0 Å². The molecule has 12 rings (SSSR count). The standard InChI is InChI=1S/C36H30FN3O4.C23H20FN3O4/c37-27-15-13-24(14-16-27)22-40-23-29-30(35(41)39-18-20-43-21-19-39)28-12-7-17-38-32(28)34(31(29)36(40)42)44-33(25-8-3-1-4-9-25)26-10-5-2-6-11-26;24-15-5-3-14(4-6-15)12-27-13-17-18(22(29)26-8-10-31-11-9-26)16-2-1-7-25-20(16)21(28)19(17)23(27)30/h1-17,33H,18-23H2;1-7,28H,8-13H2. The molecule has 0 radical (unpaired) electrons. The van der Waals surface area contributed by atoms with Crippen LogP contribution in [-0.4, -0.2) is 111 Å². The van der Waals surface area contributed by atoms with E-state index in [0.717, 1.165) is 22.3 Å². The molecule has 6 aromatic carbocycles. The van der Waals surface area contributed by atoms with Gasteiger partial charge >= 0.3 is 0 Å². The van der Waals surface area contributed by atoms with Gasteiger partial charge in [-0.15, -0.1) is 0 Å². The first kappa shape index (κ1) is 48.7. The van der Waals surface area contributed by atoms with Crippen LogP contribution in [0.3, 0.4) is 0 Å². The molecule has 8 aromatic rings. The lowest BCUT2D eigenvalue weighted by molar-refractivity contribution is 0.0301. The van der Waals surface area contributed by atoms with Crippen LogP contribution in [-0.2, 0) is 35.7 Å². The Labute approximate surface area is 430 Å². The molecule has 2 saturated heterocycles. The van der Waals surface area contributed by atoms with E-state index in [9.17, 15) is 33.1 Å². The molecule has 2 aromatic heterocycles. The number of carbonyl (C=O) groups is 4. The summed E-state index contributed by atoms with van der Waals surface area (Å²) in [4.78, 5) is 70.9. The molecule has 0 spiro atoms. The van der Waals surface area contributed by atoms with Gasteiger partial charge in [0.25, 0.3) is 23.6 Å². The summed E-state index contributed by atoms with van der Waals surface area (Å²) in [6.07, 6.45) is 2.64. The molecule has 4 amide bonds. The summed E-state index contributed by atoms with van der Waals surface area (Å²) in [7, 11) is 0. The SMILES string of the molecule is O=C1c2c(c(C(=O)N3CCOCC3)c3cccnc3c2O)CN1Cc1ccc(F)cc1.O=C1c2c(c(C(=O)N3CCOCC3)c3cccnc3c2OC(c2ccccc2)c2ccccc2)CN1Cc1ccc(F)cc1. The maximum Gasteiger partial charge on any atom is 0.258 e. The maximum absolute atomic E-state index is 14.3. The van der Waals surface area contributed by atoms with Gasteiger partial charge in [-0.1, -0.05) is 97.1 Å². The lowest BCUT2D eigenvalue weighted by Gasteiger charge is -2.28. The highest BCUT2D eigenvalue weighted by molar-refractivity contribution is 6.17. The molecule has 378 valence electrons. The Morgan fingerprint density at radius 1 is 0.560 bits per heavy atom. The predicted octanol–water partition coefficient (Wildman–Crippen LogP) is 8.88. The molecule has 0 aliphatic carbocycles. The number of nitrogens with zero attached hydrogens (tertiary/aromatic N) is 6. The monoisotopic (exact) mass is 1010 g/mol. The molecule has 0 saturated carbocycles. The molecule has 0 bridgehead atoms. The van der Waals surface area contributed by atoms with Gasteiger partial charge in [0.05, 0.1) is 48.7 Å². The van der Waals surface area contributed by atoms with E-state index < -0.39 is 6.10 Å². The number of hydrogen-bond acceptors (Lipinski definition) is 10. The van der Waals surface area contributed by atoms with Gasteiger partial charge < -0.3 is 38.9 Å².